The highest BCUT2D eigenvalue weighted by molar-refractivity contribution is 7.25. The molecule has 2 aromatic heterocycles. The molecule has 9 aromatic rings. The van der Waals surface area contributed by atoms with E-state index in [1.165, 1.54) is 59.1 Å². The molecule has 0 amide bonds. The molecule has 0 atom stereocenters. The van der Waals surface area contributed by atoms with Crippen LogP contribution in [-0.2, 0) is 0 Å². The predicted molar refractivity (Wildman–Crippen MR) is 210 cm³/mol. The Labute approximate surface area is 290 Å². The second kappa shape index (κ2) is 12.5. The Balaban J connectivity index is 1.19. The molecule has 9 rings (SSSR count). The summed E-state index contributed by atoms with van der Waals surface area (Å²) in [6.07, 6.45) is 0. The zero-order chi connectivity index (χ0) is 32.6. The van der Waals surface area contributed by atoms with Gasteiger partial charge in [-0.05, 0) is 74.8 Å². The van der Waals surface area contributed by atoms with Gasteiger partial charge in [0.2, 0.25) is 0 Å². The van der Waals surface area contributed by atoms with Gasteiger partial charge in [-0.2, -0.15) is 0 Å². The minimum absolute atomic E-state index is 0.953. The number of fused-ring (bicyclic) bond motifs is 3. The molecular weight excluding hydrogens is 611 g/mol. The molecule has 0 aliphatic heterocycles. The van der Waals surface area contributed by atoms with Gasteiger partial charge in [-0.1, -0.05) is 158 Å². The Kier molecular flexibility index (Phi) is 7.42. The minimum Gasteiger partial charge on any atom is -0.248 e. The molecule has 49 heavy (non-hydrogen) atoms. The third kappa shape index (κ3) is 5.53. The summed E-state index contributed by atoms with van der Waals surface area (Å²) >= 11 is 1.86. The van der Waals surface area contributed by atoms with Gasteiger partial charge in [0.25, 0.3) is 0 Å². The van der Waals surface area contributed by atoms with E-state index in [2.05, 4.69) is 188 Å². The van der Waals surface area contributed by atoms with Crippen molar-refractivity contribution in [2.24, 2.45) is 0 Å². The Hall–Kier alpha value is -6.09. The van der Waals surface area contributed by atoms with Crippen molar-refractivity contribution in [2.45, 2.75) is 0 Å². The van der Waals surface area contributed by atoms with Crippen LogP contribution in [0.5, 0.6) is 0 Å². The van der Waals surface area contributed by atoms with Gasteiger partial charge in [-0.3, -0.25) is 0 Å². The molecular formula is C47H31NS. The molecule has 0 spiro atoms. The summed E-state index contributed by atoms with van der Waals surface area (Å²) in [6, 6.07) is 67.4. The third-order valence-corrected chi connectivity index (χ3v) is 10.5. The van der Waals surface area contributed by atoms with Gasteiger partial charge in [0, 0.05) is 31.3 Å². The Morgan fingerprint density at radius 3 is 1.61 bits per heavy atom. The van der Waals surface area contributed by atoms with Gasteiger partial charge in [-0.25, -0.2) is 4.98 Å². The van der Waals surface area contributed by atoms with E-state index < -0.39 is 0 Å². The van der Waals surface area contributed by atoms with Crippen LogP contribution in [0.15, 0.2) is 188 Å². The first-order valence-electron chi connectivity index (χ1n) is 16.6. The number of aromatic nitrogens is 1. The fourth-order valence-corrected chi connectivity index (χ4v) is 7.98. The standard InChI is InChI=1S/C47H31NS/c1-4-13-32(14-5-1)38-30-43(35-15-6-2-7-16-35)48-44(31-38)41-21-12-20-39(47(41)36-17-8-3-9-18-36)34-25-23-33(24-26-34)37-27-28-46-42(29-37)40-19-10-11-22-45(40)49-46/h1-31H. The first-order chi connectivity index (χ1) is 24.3. The summed E-state index contributed by atoms with van der Waals surface area (Å²) in [5.74, 6) is 0. The van der Waals surface area contributed by atoms with Crippen LogP contribution < -0.4 is 0 Å². The number of rotatable bonds is 6. The van der Waals surface area contributed by atoms with E-state index in [9.17, 15) is 0 Å². The van der Waals surface area contributed by atoms with E-state index in [0.717, 1.165) is 28.1 Å². The average molecular weight is 642 g/mol. The van der Waals surface area contributed by atoms with Crippen molar-refractivity contribution >= 4 is 31.5 Å². The van der Waals surface area contributed by atoms with Crippen LogP contribution in [0.3, 0.4) is 0 Å². The van der Waals surface area contributed by atoms with Gasteiger partial charge in [-0.15, -0.1) is 11.3 Å². The van der Waals surface area contributed by atoms with Gasteiger partial charge in [0.15, 0.2) is 0 Å². The van der Waals surface area contributed by atoms with Crippen LogP contribution in [0.2, 0.25) is 0 Å². The zero-order valence-corrected chi connectivity index (χ0v) is 27.6. The number of pyridine rings is 1. The summed E-state index contributed by atoms with van der Waals surface area (Å²) in [7, 11) is 0. The van der Waals surface area contributed by atoms with E-state index in [0.29, 0.717) is 0 Å². The first-order valence-corrected chi connectivity index (χ1v) is 17.4. The highest BCUT2D eigenvalue weighted by atomic mass is 32.1. The van der Waals surface area contributed by atoms with Crippen molar-refractivity contribution in [3.05, 3.63) is 188 Å². The van der Waals surface area contributed by atoms with Gasteiger partial charge in [0.1, 0.15) is 0 Å². The zero-order valence-electron chi connectivity index (χ0n) is 26.8. The predicted octanol–water partition coefficient (Wildman–Crippen LogP) is 13.5. The summed E-state index contributed by atoms with van der Waals surface area (Å²) in [4.78, 5) is 5.32. The van der Waals surface area contributed by atoms with Crippen LogP contribution in [-0.4, -0.2) is 4.98 Å². The Morgan fingerprint density at radius 1 is 0.306 bits per heavy atom. The van der Waals surface area contributed by atoms with Crippen LogP contribution in [0.4, 0.5) is 0 Å². The fraction of sp³-hybridized carbons (Fsp3) is 0. The van der Waals surface area contributed by atoms with Crippen molar-refractivity contribution in [3.8, 4) is 67.0 Å². The Morgan fingerprint density at radius 2 is 0.857 bits per heavy atom. The fourth-order valence-electron chi connectivity index (χ4n) is 6.89. The van der Waals surface area contributed by atoms with Gasteiger partial charge < -0.3 is 0 Å². The maximum Gasteiger partial charge on any atom is 0.0722 e. The van der Waals surface area contributed by atoms with E-state index in [-0.39, 0.29) is 0 Å². The minimum atomic E-state index is 0.953. The highest BCUT2D eigenvalue weighted by Crippen LogP contribution is 2.42. The monoisotopic (exact) mass is 641 g/mol. The molecule has 1 nitrogen and oxygen atoms in total. The summed E-state index contributed by atoms with van der Waals surface area (Å²) < 4.78 is 2.66. The Bertz CT molecular complexity index is 2510. The quantitative estimate of drug-likeness (QED) is 0.176. The first kappa shape index (κ1) is 29.1. The molecule has 0 N–H and O–H groups in total. The van der Waals surface area contributed by atoms with Crippen molar-refractivity contribution in [3.63, 3.8) is 0 Å². The van der Waals surface area contributed by atoms with E-state index >= 15 is 0 Å². The van der Waals surface area contributed by atoms with E-state index in [4.69, 9.17) is 4.98 Å². The lowest BCUT2D eigenvalue weighted by Gasteiger charge is -2.18. The van der Waals surface area contributed by atoms with Crippen molar-refractivity contribution < 1.29 is 0 Å². The van der Waals surface area contributed by atoms with Crippen molar-refractivity contribution in [2.75, 3.05) is 0 Å². The second-order valence-electron chi connectivity index (χ2n) is 12.3. The van der Waals surface area contributed by atoms with Crippen LogP contribution >= 0.6 is 11.3 Å². The lowest BCUT2D eigenvalue weighted by Crippen LogP contribution is -1.95. The number of hydrogen-bond donors (Lipinski definition) is 0. The lowest BCUT2D eigenvalue weighted by molar-refractivity contribution is 1.32. The number of hydrogen-bond acceptors (Lipinski definition) is 2. The van der Waals surface area contributed by atoms with Gasteiger partial charge >= 0.3 is 0 Å². The topological polar surface area (TPSA) is 12.9 Å². The average Bonchev–Trinajstić information content (AvgIpc) is 3.56. The summed E-state index contributed by atoms with van der Waals surface area (Å²) in [5.41, 5.74) is 13.6. The molecule has 0 bridgehead atoms. The molecule has 0 unspecified atom stereocenters. The maximum atomic E-state index is 5.32. The van der Waals surface area contributed by atoms with Crippen LogP contribution in [0.1, 0.15) is 0 Å². The van der Waals surface area contributed by atoms with E-state index in [1.54, 1.807) is 0 Å². The molecule has 2 heteroatoms. The smallest absolute Gasteiger partial charge is 0.0722 e. The number of nitrogens with zero attached hydrogens (tertiary/aromatic N) is 1. The molecule has 0 aliphatic carbocycles. The van der Waals surface area contributed by atoms with Crippen LogP contribution in [0.25, 0.3) is 87.2 Å². The highest BCUT2D eigenvalue weighted by Gasteiger charge is 2.17. The normalized spacial score (nSPS) is 11.3. The molecule has 0 fully saturated rings. The summed E-state index contributed by atoms with van der Waals surface area (Å²) in [5, 5.41) is 2.65. The number of thiophene rings is 1. The molecule has 2 heterocycles. The van der Waals surface area contributed by atoms with Gasteiger partial charge in [0.05, 0.1) is 11.4 Å². The molecule has 0 saturated heterocycles. The SMILES string of the molecule is c1ccc(-c2cc(-c3ccccc3)nc(-c3cccc(-c4ccc(-c5ccc6sc7ccccc7c6c5)cc4)c3-c3ccccc3)c2)cc1. The summed E-state index contributed by atoms with van der Waals surface area (Å²) in [6.45, 7) is 0. The second-order valence-corrected chi connectivity index (χ2v) is 13.4. The molecule has 0 radical (unpaired) electrons. The molecule has 7 aromatic carbocycles. The van der Waals surface area contributed by atoms with E-state index in [1.807, 2.05) is 11.3 Å². The van der Waals surface area contributed by atoms with Crippen molar-refractivity contribution in [1.29, 1.82) is 0 Å². The third-order valence-electron chi connectivity index (χ3n) is 9.31. The molecule has 230 valence electrons. The number of benzene rings is 7. The van der Waals surface area contributed by atoms with Crippen molar-refractivity contribution in [1.82, 2.24) is 4.98 Å². The molecule has 0 saturated carbocycles. The molecule has 0 aliphatic rings. The lowest BCUT2D eigenvalue weighted by atomic mass is 9.88. The maximum absolute atomic E-state index is 5.32. The largest absolute Gasteiger partial charge is 0.248 e. The van der Waals surface area contributed by atoms with Crippen LogP contribution in [0, 0.1) is 0 Å².